The minimum Gasteiger partial charge on any atom is -0.352 e. The molecule has 0 radical (unpaired) electrons. The quantitative estimate of drug-likeness (QED) is 0.616. The topological polar surface area (TPSA) is 110 Å². The van der Waals surface area contributed by atoms with Crippen molar-refractivity contribution in [2.75, 3.05) is 5.32 Å². The highest BCUT2D eigenvalue weighted by atomic mass is 32.1. The standard InChI is InChI=1S/C7H8N6O2S/c1-4(6-9-3-10-12-6)11-7-8-2-5(16-7)13(14)15/h2-4H,1H3,(H,8,11)(H,9,10,12). The molecule has 2 N–H and O–H groups in total. The van der Waals surface area contributed by atoms with Crippen molar-refractivity contribution in [1.29, 1.82) is 0 Å². The van der Waals surface area contributed by atoms with E-state index < -0.39 is 4.92 Å². The van der Waals surface area contributed by atoms with Crippen molar-refractivity contribution in [3.63, 3.8) is 0 Å². The van der Waals surface area contributed by atoms with E-state index in [4.69, 9.17) is 0 Å². The molecule has 16 heavy (non-hydrogen) atoms. The van der Waals surface area contributed by atoms with E-state index >= 15 is 0 Å². The Morgan fingerprint density at radius 3 is 3.00 bits per heavy atom. The van der Waals surface area contributed by atoms with Gasteiger partial charge < -0.3 is 5.32 Å². The number of thiazole rings is 1. The van der Waals surface area contributed by atoms with Crippen LogP contribution in [-0.2, 0) is 0 Å². The van der Waals surface area contributed by atoms with E-state index in [1.165, 1.54) is 12.5 Å². The number of hydrogen-bond donors (Lipinski definition) is 2. The van der Waals surface area contributed by atoms with Crippen LogP contribution in [0, 0.1) is 10.1 Å². The van der Waals surface area contributed by atoms with Gasteiger partial charge in [0, 0.05) is 0 Å². The Kier molecular flexibility index (Phi) is 2.77. The maximum atomic E-state index is 10.4. The smallest absolute Gasteiger partial charge is 0.345 e. The van der Waals surface area contributed by atoms with Gasteiger partial charge in [-0.25, -0.2) is 9.97 Å². The monoisotopic (exact) mass is 240 g/mol. The third-order valence-corrected chi connectivity index (χ3v) is 2.74. The van der Waals surface area contributed by atoms with Gasteiger partial charge in [-0.1, -0.05) is 0 Å². The molecular weight excluding hydrogens is 232 g/mol. The van der Waals surface area contributed by atoms with Crippen LogP contribution in [0.2, 0.25) is 0 Å². The molecule has 2 heterocycles. The number of nitrogens with zero attached hydrogens (tertiary/aromatic N) is 4. The van der Waals surface area contributed by atoms with E-state index in [0.29, 0.717) is 11.0 Å². The van der Waals surface area contributed by atoms with Crippen LogP contribution >= 0.6 is 11.3 Å². The summed E-state index contributed by atoms with van der Waals surface area (Å²) in [6, 6.07) is -0.131. The van der Waals surface area contributed by atoms with Gasteiger partial charge in [0.05, 0.1) is 11.0 Å². The summed E-state index contributed by atoms with van der Waals surface area (Å²) in [6.45, 7) is 1.85. The number of aromatic amines is 1. The number of aromatic nitrogens is 4. The highest BCUT2D eigenvalue weighted by Crippen LogP contribution is 2.27. The summed E-state index contributed by atoms with van der Waals surface area (Å²) in [5.74, 6) is 0.651. The van der Waals surface area contributed by atoms with Gasteiger partial charge in [0.15, 0.2) is 5.13 Å². The molecule has 9 heteroatoms. The van der Waals surface area contributed by atoms with Gasteiger partial charge >= 0.3 is 5.00 Å². The summed E-state index contributed by atoms with van der Waals surface area (Å²) in [6.07, 6.45) is 2.62. The maximum absolute atomic E-state index is 10.4. The number of H-pyrrole nitrogens is 1. The Morgan fingerprint density at radius 2 is 2.44 bits per heavy atom. The van der Waals surface area contributed by atoms with Crippen molar-refractivity contribution in [3.05, 3.63) is 28.5 Å². The second kappa shape index (κ2) is 4.23. The molecule has 2 aromatic rings. The molecule has 1 atom stereocenters. The third kappa shape index (κ3) is 2.14. The zero-order valence-electron chi connectivity index (χ0n) is 8.25. The van der Waals surface area contributed by atoms with Crippen LogP contribution in [0.5, 0.6) is 0 Å². The first-order valence-corrected chi connectivity index (χ1v) is 5.20. The van der Waals surface area contributed by atoms with Gasteiger partial charge in [0.25, 0.3) is 0 Å². The molecule has 0 bridgehead atoms. The zero-order chi connectivity index (χ0) is 11.5. The molecule has 0 aliphatic rings. The molecule has 2 rings (SSSR count). The molecule has 84 valence electrons. The maximum Gasteiger partial charge on any atom is 0.345 e. The van der Waals surface area contributed by atoms with Crippen molar-refractivity contribution in [2.45, 2.75) is 13.0 Å². The van der Waals surface area contributed by atoms with E-state index in [1.54, 1.807) is 0 Å². The summed E-state index contributed by atoms with van der Waals surface area (Å²) in [4.78, 5) is 17.8. The van der Waals surface area contributed by atoms with Crippen LogP contribution < -0.4 is 5.32 Å². The second-order valence-electron chi connectivity index (χ2n) is 3.00. The molecule has 8 nitrogen and oxygen atoms in total. The highest BCUT2D eigenvalue weighted by Gasteiger charge is 2.14. The van der Waals surface area contributed by atoms with Crippen LogP contribution in [0.4, 0.5) is 10.1 Å². The lowest BCUT2D eigenvalue weighted by molar-refractivity contribution is -0.380. The molecule has 0 saturated carbocycles. The molecule has 0 aromatic carbocycles. The van der Waals surface area contributed by atoms with Crippen molar-refractivity contribution in [1.82, 2.24) is 20.2 Å². The van der Waals surface area contributed by atoms with E-state index in [9.17, 15) is 10.1 Å². The van der Waals surface area contributed by atoms with Gasteiger partial charge in [0.1, 0.15) is 18.3 Å². The van der Waals surface area contributed by atoms with Crippen molar-refractivity contribution in [2.24, 2.45) is 0 Å². The lowest BCUT2D eigenvalue weighted by Crippen LogP contribution is -2.07. The predicted octanol–water partition coefficient (Wildman–Crippen LogP) is 1.34. The minimum atomic E-state index is -0.470. The first-order chi connectivity index (χ1) is 7.66. The summed E-state index contributed by atoms with van der Waals surface area (Å²) < 4.78 is 0. The lowest BCUT2D eigenvalue weighted by Gasteiger charge is -2.08. The Labute approximate surface area is 93.9 Å². The number of rotatable bonds is 4. The van der Waals surface area contributed by atoms with E-state index in [2.05, 4.69) is 25.5 Å². The van der Waals surface area contributed by atoms with Crippen LogP contribution in [-0.4, -0.2) is 25.1 Å². The minimum absolute atomic E-state index is 0.00673. The van der Waals surface area contributed by atoms with E-state index in [-0.39, 0.29) is 11.0 Å². The van der Waals surface area contributed by atoms with Crippen molar-refractivity contribution < 1.29 is 4.92 Å². The summed E-state index contributed by atoms with van der Waals surface area (Å²) in [7, 11) is 0. The van der Waals surface area contributed by atoms with Crippen LogP contribution in [0.1, 0.15) is 18.8 Å². The summed E-state index contributed by atoms with van der Waals surface area (Å²) >= 11 is 0.983. The molecule has 1 unspecified atom stereocenters. The summed E-state index contributed by atoms with van der Waals surface area (Å²) in [5, 5.41) is 20.3. The second-order valence-corrected chi connectivity index (χ2v) is 4.01. The molecule has 0 aliphatic heterocycles. The average Bonchev–Trinajstić information content (AvgIpc) is 2.87. The first-order valence-electron chi connectivity index (χ1n) is 4.39. The number of nitrogens with one attached hydrogen (secondary N) is 2. The predicted molar refractivity (Wildman–Crippen MR) is 57.2 cm³/mol. The molecular formula is C7H8N6O2S. The normalized spacial score (nSPS) is 12.3. The van der Waals surface area contributed by atoms with Gasteiger partial charge in [-0.3, -0.25) is 15.2 Å². The van der Waals surface area contributed by atoms with Crippen LogP contribution in [0.3, 0.4) is 0 Å². The van der Waals surface area contributed by atoms with Gasteiger partial charge in [0.2, 0.25) is 0 Å². The van der Waals surface area contributed by atoms with Gasteiger partial charge in [-0.2, -0.15) is 5.10 Å². The highest BCUT2D eigenvalue weighted by molar-refractivity contribution is 7.18. The Hall–Kier alpha value is -2.03. The van der Waals surface area contributed by atoms with Gasteiger partial charge in [-0.15, -0.1) is 0 Å². The number of nitro groups is 1. The molecule has 0 amide bonds. The van der Waals surface area contributed by atoms with Crippen molar-refractivity contribution in [3.8, 4) is 0 Å². The fourth-order valence-electron chi connectivity index (χ4n) is 1.09. The van der Waals surface area contributed by atoms with Crippen LogP contribution in [0.25, 0.3) is 0 Å². The van der Waals surface area contributed by atoms with Crippen molar-refractivity contribution >= 4 is 21.5 Å². The molecule has 2 aromatic heterocycles. The first kappa shape index (κ1) is 10.5. The fraction of sp³-hybridized carbons (Fsp3) is 0.286. The largest absolute Gasteiger partial charge is 0.352 e. The van der Waals surface area contributed by atoms with E-state index in [1.807, 2.05) is 6.92 Å². The SMILES string of the molecule is CC(Nc1ncc([N+](=O)[O-])s1)c1ncn[nH]1. The number of hydrogen-bond acceptors (Lipinski definition) is 7. The molecule has 0 fully saturated rings. The Morgan fingerprint density at radius 1 is 1.62 bits per heavy atom. The van der Waals surface area contributed by atoms with Crippen LogP contribution in [0.15, 0.2) is 12.5 Å². The molecule has 0 aliphatic carbocycles. The Bertz CT molecular complexity index is 481. The van der Waals surface area contributed by atoms with Gasteiger partial charge in [-0.05, 0) is 18.3 Å². The van der Waals surface area contributed by atoms with E-state index in [0.717, 1.165) is 11.3 Å². The third-order valence-electron chi connectivity index (χ3n) is 1.86. The summed E-state index contributed by atoms with van der Waals surface area (Å²) in [5.41, 5.74) is 0. The fourth-order valence-corrected chi connectivity index (χ4v) is 1.81. The molecule has 0 saturated heterocycles. The average molecular weight is 240 g/mol. The zero-order valence-corrected chi connectivity index (χ0v) is 9.06. The lowest BCUT2D eigenvalue weighted by atomic mass is 10.3. The number of anilines is 1. The molecule has 0 spiro atoms. The Balaban J connectivity index is 2.06.